The normalized spacial score (nSPS) is 14.6. The van der Waals surface area contributed by atoms with E-state index in [-0.39, 0.29) is 6.42 Å². The maximum Gasteiger partial charge on any atom is 0.303 e. The molecule has 0 saturated carbocycles. The number of aromatic nitrogens is 1. The van der Waals surface area contributed by atoms with E-state index in [2.05, 4.69) is 21.8 Å². The Hall–Kier alpha value is -3.36. The Labute approximate surface area is 212 Å². The van der Waals surface area contributed by atoms with E-state index in [1.807, 2.05) is 55.5 Å². The molecule has 1 saturated heterocycles. The van der Waals surface area contributed by atoms with Gasteiger partial charge in [-0.1, -0.05) is 24.3 Å². The summed E-state index contributed by atoms with van der Waals surface area (Å²) in [5, 5.41) is 9.12. The Morgan fingerprint density at radius 1 is 1.03 bits per heavy atom. The first-order valence-electron chi connectivity index (χ1n) is 12.5. The van der Waals surface area contributed by atoms with Crippen LogP contribution in [0.25, 0.3) is 11.5 Å². The van der Waals surface area contributed by atoms with Gasteiger partial charge >= 0.3 is 5.97 Å². The van der Waals surface area contributed by atoms with Gasteiger partial charge in [0.25, 0.3) is 0 Å². The summed E-state index contributed by atoms with van der Waals surface area (Å²) < 4.78 is 18.0. The van der Waals surface area contributed by atoms with Crippen molar-refractivity contribution < 1.29 is 23.8 Å². The SMILES string of the molecule is Cc1oc(-c2ccccc2)nc1CCOc1ccc(CCC(=O)O)c(OCCN2CCN(C)CC2)c1. The molecule has 1 aromatic heterocycles. The summed E-state index contributed by atoms with van der Waals surface area (Å²) in [5.41, 5.74) is 2.70. The topological polar surface area (TPSA) is 88.3 Å². The van der Waals surface area contributed by atoms with E-state index in [4.69, 9.17) is 19.0 Å². The Bertz CT molecular complexity index is 1120. The van der Waals surface area contributed by atoms with Crippen LogP contribution in [0.5, 0.6) is 11.5 Å². The van der Waals surface area contributed by atoms with Crippen molar-refractivity contribution in [2.75, 3.05) is 53.0 Å². The molecule has 0 spiro atoms. The Kier molecular flexibility index (Phi) is 8.97. The van der Waals surface area contributed by atoms with Gasteiger partial charge in [-0.25, -0.2) is 4.98 Å². The number of hydrogen-bond acceptors (Lipinski definition) is 7. The van der Waals surface area contributed by atoms with Crippen LogP contribution in [0.15, 0.2) is 52.9 Å². The molecule has 8 heteroatoms. The number of carboxylic acids is 1. The number of likely N-dealkylation sites (N-methyl/N-ethyl adjacent to an activating group) is 1. The molecule has 2 aromatic carbocycles. The quantitative estimate of drug-likeness (QED) is 0.406. The largest absolute Gasteiger partial charge is 0.493 e. The summed E-state index contributed by atoms with van der Waals surface area (Å²) in [7, 11) is 2.14. The van der Waals surface area contributed by atoms with Gasteiger partial charge in [0.05, 0.1) is 12.3 Å². The van der Waals surface area contributed by atoms with Gasteiger partial charge in [0, 0.05) is 57.2 Å². The Morgan fingerprint density at radius 3 is 2.56 bits per heavy atom. The molecule has 192 valence electrons. The molecule has 0 aliphatic carbocycles. The van der Waals surface area contributed by atoms with Gasteiger partial charge in [0.1, 0.15) is 23.9 Å². The van der Waals surface area contributed by atoms with Crippen LogP contribution in [0.2, 0.25) is 0 Å². The number of piperazine rings is 1. The fraction of sp³-hybridized carbons (Fsp3) is 0.429. The van der Waals surface area contributed by atoms with Crippen molar-refractivity contribution in [3.8, 4) is 23.0 Å². The summed E-state index contributed by atoms with van der Waals surface area (Å²) >= 11 is 0. The van der Waals surface area contributed by atoms with E-state index in [9.17, 15) is 4.79 Å². The first-order valence-corrected chi connectivity index (χ1v) is 12.5. The predicted octanol–water partition coefficient (Wildman–Crippen LogP) is 3.91. The number of ether oxygens (including phenoxy) is 2. The third-order valence-corrected chi connectivity index (χ3v) is 6.43. The van der Waals surface area contributed by atoms with Crippen LogP contribution in [0.4, 0.5) is 0 Å². The van der Waals surface area contributed by atoms with Gasteiger partial charge in [-0.15, -0.1) is 0 Å². The average Bonchev–Trinajstić information content (AvgIpc) is 3.25. The lowest BCUT2D eigenvalue weighted by atomic mass is 10.1. The molecule has 0 amide bonds. The molecule has 1 aliphatic heterocycles. The highest BCUT2D eigenvalue weighted by molar-refractivity contribution is 5.67. The number of nitrogens with zero attached hydrogens (tertiary/aromatic N) is 3. The van der Waals surface area contributed by atoms with Crippen LogP contribution in [0.3, 0.4) is 0 Å². The van der Waals surface area contributed by atoms with E-state index >= 15 is 0 Å². The number of hydrogen-bond donors (Lipinski definition) is 1. The second-order valence-electron chi connectivity index (χ2n) is 9.14. The maximum atomic E-state index is 11.1. The summed E-state index contributed by atoms with van der Waals surface area (Å²) in [5.74, 6) is 1.95. The molecular formula is C28H35N3O5. The minimum Gasteiger partial charge on any atom is -0.493 e. The minimum atomic E-state index is -0.823. The Balaban J connectivity index is 1.34. The molecule has 2 heterocycles. The van der Waals surface area contributed by atoms with Gasteiger partial charge in [0.15, 0.2) is 0 Å². The second-order valence-corrected chi connectivity index (χ2v) is 9.14. The first kappa shape index (κ1) is 25.7. The van der Waals surface area contributed by atoms with Gasteiger partial charge in [-0.3, -0.25) is 9.69 Å². The molecule has 0 unspecified atom stereocenters. The van der Waals surface area contributed by atoms with Crippen molar-refractivity contribution in [1.29, 1.82) is 0 Å². The molecule has 1 N–H and O–H groups in total. The zero-order valence-corrected chi connectivity index (χ0v) is 21.1. The van der Waals surface area contributed by atoms with Crippen LogP contribution in [-0.2, 0) is 17.6 Å². The van der Waals surface area contributed by atoms with Crippen LogP contribution >= 0.6 is 0 Å². The number of oxazole rings is 1. The molecule has 0 atom stereocenters. The third kappa shape index (κ3) is 7.32. The van der Waals surface area contributed by atoms with Crippen molar-refractivity contribution in [3.05, 3.63) is 65.5 Å². The monoisotopic (exact) mass is 493 g/mol. The second kappa shape index (κ2) is 12.6. The van der Waals surface area contributed by atoms with Gasteiger partial charge in [-0.2, -0.15) is 0 Å². The van der Waals surface area contributed by atoms with Gasteiger partial charge in [-0.05, 0) is 44.2 Å². The molecule has 36 heavy (non-hydrogen) atoms. The summed E-state index contributed by atoms with van der Waals surface area (Å²) in [6.07, 6.45) is 1.09. The molecule has 0 radical (unpaired) electrons. The number of aryl methyl sites for hydroxylation is 2. The summed E-state index contributed by atoms with van der Waals surface area (Å²) in [6.45, 7) is 7.93. The molecule has 4 rings (SSSR count). The van der Waals surface area contributed by atoms with Crippen molar-refractivity contribution in [3.63, 3.8) is 0 Å². The Morgan fingerprint density at radius 2 is 1.81 bits per heavy atom. The van der Waals surface area contributed by atoms with Crippen LogP contribution in [-0.4, -0.2) is 78.8 Å². The lowest BCUT2D eigenvalue weighted by Crippen LogP contribution is -2.45. The van der Waals surface area contributed by atoms with Crippen LogP contribution in [0, 0.1) is 6.92 Å². The van der Waals surface area contributed by atoms with E-state index in [0.717, 1.165) is 55.3 Å². The van der Waals surface area contributed by atoms with E-state index in [1.54, 1.807) is 0 Å². The molecule has 1 aliphatic rings. The summed E-state index contributed by atoms with van der Waals surface area (Å²) in [4.78, 5) is 20.5. The number of aliphatic carboxylic acids is 1. The van der Waals surface area contributed by atoms with Gasteiger partial charge in [0.2, 0.25) is 5.89 Å². The van der Waals surface area contributed by atoms with Gasteiger partial charge < -0.3 is 23.9 Å². The molecule has 3 aromatic rings. The molecule has 0 bridgehead atoms. The number of carboxylic acid groups (broad SMARTS) is 1. The van der Waals surface area contributed by atoms with Crippen LogP contribution in [0.1, 0.15) is 23.4 Å². The fourth-order valence-electron chi connectivity index (χ4n) is 4.19. The van der Waals surface area contributed by atoms with E-state index in [0.29, 0.717) is 43.4 Å². The first-order chi connectivity index (χ1) is 17.5. The van der Waals surface area contributed by atoms with Crippen molar-refractivity contribution in [2.45, 2.75) is 26.2 Å². The molecular weight excluding hydrogens is 458 g/mol. The number of carbonyl (C=O) groups is 1. The zero-order valence-electron chi connectivity index (χ0n) is 21.1. The highest BCUT2D eigenvalue weighted by Crippen LogP contribution is 2.27. The number of rotatable bonds is 12. The molecule has 1 fully saturated rings. The fourth-order valence-corrected chi connectivity index (χ4v) is 4.19. The summed E-state index contributed by atoms with van der Waals surface area (Å²) in [6, 6.07) is 15.5. The van der Waals surface area contributed by atoms with Crippen molar-refractivity contribution in [1.82, 2.24) is 14.8 Å². The standard InChI is InChI=1S/C28H35N3O5/c1-21-25(29-28(36-21)23-6-4-3-5-7-23)12-18-34-24-10-8-22(9-11-27(32)33)26(20-24)35-19-17-31-15-13-30(2)14-16-31/h3-8,10,20H,9,11-19H2,1-2H3,(H,32,33). The zero-order chi connectivity index (χ0) is 25.3. The maximum absolute atomic E-state index is 11.1. The predicted molar refractivity (Wildman–Crippen MR) is 138 cm³/mol. The van der Waals surface area contributed by atoms with E-state index < -0.39 is 5.97 Å². The number of benzene rings is 2. The lowest BCUT2D eigenvalue weighted by Gasteiger charge is -2.32. The van der Waals surface area contributed by atoms with E-state index in [1.165, 1.54) is 0 Å². The van der Waals surface area contributed by atoms with Crippen molar-refractivity contribution >= 4 is 5.97 Å². The third-order valence-electron chi connectivity index (χ3n) is 6.43. The smallest absolute Gasteiger partial charge is 0.303 e. The lowest BCUT2D eigenvalue weighted by molar-refractivity contribution is -0.136. The highest BCUT2D eigenvalue weighted by atomic mass is 16.5. The highest BCUT2D eigenvalue weighted by Gasteiger charge is 2.15. The average molecular weight is 494 g/mol. The van der Waals surface area contributed by atoms with Crippen LogP contribution < -0.4 is 9.47 Å². The minimum absolute atomic E-state index is 0.0597. The molecule has 8 nitrogen and oxygen atoms in total. The van der Waals surface area contributed by atoms with Crippen molar-refractivity contribution in [2.24, 2.45) is 0 Å².